The topological polar surface area (TPSA) is 54.5 Å². The second-order valence-corrected chi connectivity index (χ2v) is 6.16. The highest BCUT2D eigenvalue weighted by atomic mass is 32.1. The average molecular weight is 297 g/mol. The molecule has 2 atom stereocenters. The number of nitrogens with zero attached hydrogens (tertiary/aromatic N) is 2. The molecule has 0 amide bonds. The van der Waals surface area contributed by atoms with E-state index in [1.165, 1.54) is 11.5 Å². The van der Waals surface area contributed by atoms with Crippen molar-refractivity contribution < 1.29 is 9.53 Å². The van der Waals surface area contributed by atoms with Gasteiger partial charge in [0.2, 0.25) is 0 Å². The van der Waals surface area contributed by atoms with Crippen molar-refractivity contribution in [3.63, 3.8) is 0 Å². The molecule has 2 unspecified atom stereocenters. The fourth-order valence-electron chi connectivity index (χ4n) is 2.52. The molecule has 0 aliphatic carbocycles. The average Bonchev–Trinajstić information content (AvgIpc) is 2.75. The molecule has 1 aliphatic heterocycles. The Morgan fingerprint density at radius 3 is 3.00 bits per heavy atom. The molecule has 112 valence electrons. The molecule has 5 nitrogen and oxygen atoms in total. The van der Waals surface area contributed by atoms with Crippen LogP contribution in [-0.2, 0) is 4.74 Å². The maximum Gasteiger partial charge on any atom is 0.343 e. The Hall–Kier alpha value is -1.14. The van der Waals surface area contributed by atoms with Gasteiger partial charge in [-0.25, -0.2) is 4.79 Å². The van der Waals surface area contributed by atoms with Crippen LogP contribution >= 0.6 is 11.5 Å². The van der Waals surface area contributed by atoms with Gasteiger partial charge in [-0.3, -0.25) is 0 Å². The number of aromatic nitrogens is 1. The van der Waals surface area contributed by atoms with E-state index in [-0.39, 0.29) is 5.97 Å². The minimum absolute atomic E-state index is 0.276. The molecular weight excluding hydrogens is 274 g/mol. The summed E-state index contributed by atoms with van der Waals surface area (Å²) in [5, 5.41) is 4.34. The van der Waals surface area contributed by atoms with Crippen LogP contribution in [0.2, 0.25) is 0 Å². The van der Waals surface area contributed by atoms with Gasteiger partial charge < -0.3 is 15.0 Å². The summed E-state index contributed by atoms with van der Waals surface area (Å²) in [4.78, 5) is 14.4. The molecule has 2 heterocycles. The largest absolute Gasteiger partial charge is 0.462 e. The fourth-order valence-corrected chi connectivity index (χ4v) is 3.38. The van der Waals surface area contributed by atoms with E-state index in [0.717, 1.165) is 30.1 Å². The van der Waals surface area contributed by atoms with Gasteiger partial charge in [0.15, 0.2) is 0 Å². The Bertz CT molecular complexity index is 475. The number of piperidine rings is 1. The number of anilines is 1. The molecule has 6 heteroatoms. The van der Waals surface area contributed by atoms with Gasteiger partial charge in [0, 0.05) is 18.6 Å². The van der Waals surface area contributed by atoms with Crippen molar-refractivity contribution in [2.45, 2.75) is 45.7 Å². The Labute approximate surface area is 124 Å². The molecule has 20 heavy (non-hydrogen) atoms. The summed E-state index contributed by atoms with van der Waals surface area (Å²) in [6.07, 6.45) is 2.16. The van der Waals surface area contributed by atoms with Crippen molar-refractivity contribution in [3.8, 4) is 0 Å². The molecule has 1 saturated heterocycles. The summed E-state index contributed by atoms with van der Waals surface area (Å²) >= 11 is 1.35. The van der Waals surface area contributed by atoms with Gasteiger partial charge in [0.25, 0.3) is 0 Å². The second-order valence-electron chi connectivity index (χ2n) is 5.39. The summed E-state index contributed by atoms with van der Waals surface area (Å²) < 4.78 is 9.40. The molecule has 0 radical (unpaired) electrons. The SMILES string of the molecule is CCOC(=O)c1c(C)nsc1NC1CCN(C)C(C)C1. The lowest BCUT2D eigenvalue weighted by atomic mass is 9.99. The van der Waals surface area contributed by atoms with Crippen molar-refractivity contribution >= 4 is 22.5 Å². The molecule has 2 rings (SSSR count). The highest BCUT2D eigenvalue weighted by Crippen LogP contribution is 2.28. The van der Waals surface area contributed by atoms with Gasteiger partial charge in [-0.05, 0) is 52.2 Å². The standard InChI is InChI=1S/C14H23N3O2S/c1-5-19-14(18)12-10(3)16-20-13(12)15-11-6-7-17(4)9(2)8-11/h9,11,15H,5-8H2,1-4H3. The molecule has 1 aliphatic rings. The first-order valence-corrected chi connectivity index (χ1v) is 7.90. The van der Waals surface area contributed by atoms with Gasteiger partial charge in [-0.2, -0.15) is 4.37 Å². The number of carbonyl (C=O) groups excluding carboxylic acids is 1. The third-order valence-corrected chi connectivity index (χ3v) is 4.76. The summed E-state index contributed by atoms with van der Waals surface area (Å²) in [5.74, 6) is -0.276. The normalized spacial score (nSPS) is 23.6. The zero-order chi connectivity index (χ0) is 14.7. The second kappa shape index (κ2) is 6.54. The lowest BCUT2D eigenvalue weighted by Crippen LogP contribution is -2.42. The van der Waals surface area contributed by atoms with E-state index in [0.29, 0.717) is 24.3 Å². The Kier molecular flexibility index (Phi) is 4.99. The first-order valence-electron chi connectivity index (χ1n) is 7.13. The summed E-state index contributed by atoms with van der Waals surface area (Å²) in [7, 11) is 2.15. The van der Waals surface area contributed by atoms with Crippen LogP contribution < -0.4 is 5.32 Å². The zero-order valence-corrected chi connectivity index (χ0v) is 13.4. The van der Waals surface area contributed by atoms with Crippen molar-refractivity contribution in [1.29, 1.82) is 0 Å². The van der Waals surface area contributed by atoms with Crippen molar-refractivity contribution in [2.24, 2.45) is 0 Å². The van der Waals surface area contributed by atoms with E-state index in [9.17, 15) is 4.79 Å². The number of hydrogen-bond donors (Lipinski definition) is 1. The highest BCUT2D eigenvalue weighted by Gasteiger charge is 2.26. The lowest BCUT2D eigenvalue weighted by molar-refractivity contribution is 0.0527. The molecular formula is C14H23N3O2S. The van der Waals surface area contributed by atoms with Crippen LogP contribution in [0, 0.1) is 6.92 Å². The number of nitrogens with one attached hydrogen (secondary N) is 1. The molecule has 0 bridgehead atoms. The number of aryl methyl sites for hydroxylation is 1. The number of rotatable bonds is 4. The van der Waals surface area contributed by atoms with Gasteiger partial charge in [-0.1, -0.05) is 0 Å². The van der Waals surface area contributed by atoms with Crippen molar-refractivity contribution in [3.05, 3.63) is 11.3 Å². The summed E-state index contributed by atoms with van der Waals surface area (Å²) in [6, 6.07) is 0.954. The highest BCUT2D eigenvalue weighted by molar-refractivity contribution is 7.10. The number of esters is 1. The number of carbonyl (C=O) groups is 1. The smallest absolute Gasteiger partial charge is 0.343 e. The third-order valence-electron chi connectivity index (χ3n) is 3.89. The quantitative estimate of drug-likeness (QED) is 0.866. The summed E-state index contributed by atoms with van der Waals surface area (Å²) in [6.45, 7) is 7.37. The van der Waals surface area contributed by atoms with E-state index < -0.39 is 0 Å². The van der Waals surface area contributed by atoms with Crippen LogP contribution in [0.4, 0.5) is 5.00 Å². The Morgan fingerprint density at radius 2 is 2.35 bits per heavy atom. The molecule has 1 aromatic rings. The predicted octanol–water partition coefficient (Wildman–Crippen LogP) is 2.52. The van der Waals surface area contributed by atoms with E-state index in [1.807, 2.05) is 13.8 Å². The third kappa shape index (κ3) is 3.30. The van der Waals surface area contributed by atoms with Crippen LogP contribution in [-0.4, -0.2) is 47.5 Å². The molecule has 1 N–H and O–H groups in total. The van der Waals surface area contributed by atoms with E-state index in [4.69, 9.17) is 4.74 Å². The van der Waals surface area contributed by atoms with E-state index in [2.05, 4.69) is 28.6 Å². The maximum absolute atomic E-state index is 12.0. The molecule has 0 saturated carbocycles. The van der Waals surface area contributed by atoms with Crippen LogP contribution in [0.3, 0.4) is 0 Å². The van der Waals surface area contributed by atoms with Crippen LogP contribution in [0.5, 0.6) is 0 Å². The first-order chi connectivity index (χ1) is 9.52. The van der Waals surface area contributed by atoms with Crippen LogP contribution in [0.15, 0.2) is 0 Å². The van der Waals surface area contributed by atoms with Crippen LogP contribution in [0.25, 0.3) is 0 Å². The van der Waals surface area contributed by atoms with Gasteiger partial charge in [0.05, 0.1) is 12.3 Å². The molecule has 1 fully saturated rings. The van der Waals surface area contributed by atoms with Crippen LogP contribution in [0.1, 0.15) is 42.7 Å². The Balaban J connectivity index is 2.08. The monoisotopic (exact) mass is 297 g/mol. The molecule has 1 aromatic heterocycles. The van der Waals surface area contributed by atoms with Gasteiger partial charge >= 0.3 is 5.97 Å². The lowest BCUT2D eigenvalue weighted by Gasteiger charge is -2.35. The van der Waals surface area contributed by atoms with Crippen molar-refractivity contribution in [2.75, 3.05) is 25.5 Å². The minimum atomic E-state index is -0.276. The summed E-state index contributed by atoms with van der Waals surface area (Å²) in [5.41, 5.74) is 1.35. The fraction of sp³-hybridized carbons (Fsp3) is 0.714. The predicted molar refractivity (Wildman–Crippen MR) is 81.5 cm³/mol. The minimum Gasteiger partial charge on any atom is -0.462 e. The number of hydrogen-bond acceptors (Lipinski definition) is 6. The number of ether oxygens (including phenoxy) is 1. The van der Waals surface area contributed by atoms with Gasteiger partial charge in [0.1, 0.15) is 10.6 Å². The number of likely N-dealkylation sites (tertiary alicyclic amines) is 1. The Morgan fingerprint density at radius 1 is 1.60 bits per heavy atom. The molecule has 0 spiro atoms. The van der Waals surface area contributed by atoms with Gasteiger partial charge in [-0.15, -0.1) is 0 Å². The first kappa shape index (κ1) is 15.3. The zero-order valence-electron chi connectivity index (χ0n) is 12.6. The van der Waals surface area contributed by atoms with Crippen molar-refractivity contribution in [1.82, 2.24) is 9.27 Å². The van der Waals surface area contributed by atoms with E-state index in [1.54, 1.807) is 0 Å². The maximum atomic E-state index is 12.0. The van der Waals surface area contributed by atoms with E-state index >= 15 is 0 Å². The molecule has 0 aromatic carbocycles.